The zero-order valence-electron chi connectivity index (χ0n) is 18.7. The average molecular weight is 464 g/mol. The fraction of sp³-hybridized carbons (Fsp3) is 0.400. The number of rotatable bonds is 6. The summed E-state index contributed by atoms with van der Waals surface area (Å²) in [6, 6.07) is 17.1. The van der Waals surface area contributed by atoms with Crippen LogP contribution >= 0.6 is 11.8 Å². The third kappa shape index (κ3) is 6.57. The molecule has 7 nitrogen and oxygen atoms in total. The maximum absolute atomic E-state index is 12.7. The molecule has 2 amide bonds. The first-order chi connectivity index (χ1) is 16.1. The molecule has 0 bridgehead atoms. The molecule has 0 aliphatic carbocycles. The minimum atomic E-state index is -0.0606. The van der Waals surface area contributed by atoms with Crippen LogP contribution in [-0.2, 0) is 11.3 Å². The second-order valence-electron chi connectivity index (χ2n) is 8.39. The van der Waals surface area contributed by atoms with E-state index in [2.05, 4.69) is 21.2 Å². The van der Waals surface area contributed by atoms with Crippen LogP contribution in [0.15, 0.2) is 48.5 Å². The van der Waals surface area contributed by atoms with Crippen molar-refractivity contribution in [2.24, 2.45) is 0 Å². The maximum atomic E-state index is 12.7. The van der Waals surface area contributed by atoms with Crippen molar-refractivity contribution in [2.45, 2.75) is 6.54 Å². The van der Waals surface area contributed by atoms with Gasteiger partial charge in [-0.25, -0.2) is 0 Å². The number of piperazine rings is 1. The van der Waals surface area contributed by atoms with Gasteiger partial charge in [0.05, 0.1) is 18.2 Å². The van der Waals surface area contributed by atoms with E-state index in [1.807, 2.05) is 59.1 Å². The number of nitrogens with zero attached hydrogens (tertiary/aromatic N) is 4. The highest BCUT2D eigenvalue weighted by Crippen LogP contribution is 2.17. The molecule has 0 unspecified atom stereocenters. The fourth-order valence-electron chi connectivity index (χ4n) is 4.13. The van der Waals surface area contributed by atoms with Gasteiger partial charge in [-0.05, 0) is 35.9 Å². The van der Waals surface area contributed by atoms with Crippen molar-refractivity contribution in [1.29, 1.82) is 5.26 Å². The number of carbonyl (C=O) groups is 2. The Morgan fingerprint density at radius 3 is 2.33 bits per heavy atom. The molecular formula is C25H29N5O2S. The van der Waals surface area contributed by atoms with E-state index in [0.717, 1.165) is 57.3 Å². The quantitative estimate of drug-likeness (QED) is 0.709. The summed E-state index contributed by atoms with van der Waals surface area (Å²) >= 11 is 1.87. The number of amides is 2. The van der Waals surface area contributed by atoms with Crippen LogP contribution < -0.4 is 5.32 Å². The van der Waals surface area contributed by atoms with Crippen molar-refractivity contribution in [3.05, 3.63) is 65.2 Å². The first-order valence-electron chi connectivity index (χ1n) is 11.3. The van der Waals surface area contributed by atoms with Gasteiger partial charge in [-0.15, -0.1) is 0 Å². The Hall–Kier alpha value is -2.86. The van der Waals surface area contributed by atoms with Crippen molar-refractivity contribution < 1.29 is 9.59 Å². The Morgan fingerprint density at radius 1 is 0.939 bits per heavy atom. The van der Waals surface area contributed by atoms with Gasteiger partial charge in [-0.3, -0.25) is 19.4 Å². The molecule has 2 heterocycles. The summed E-state index contributed by atoms with van der Waals surface area (Å²) in [5, 5.41) is 11.9. The standard InChI is InChI=1S/C25H29N5O2S/c26-17-20-4-6-21(7-5-20)18-28-8-10-29(11-9-28)19-24(31)27-23-3-1-2-22(16-23)25(32)30-12-14-33-15-13-30/h1-7,16H,8-15,18-19H2,(H,27,31). The zero-order chi connectivity index (χ0) is 23.0. The highest BCUT2D eigenvalue weighted by atomic mass is 32.2. The smallest absolute Gasteiger partial charge is 0.253 e. The number of anilines is 1. The minimum absolute atomic E-state index is 0.0322. The molecule has 2 aliphatic heterocycles. The van der Waals surface area contributed by atoms with Crippen molar-refractivity contribution in [2.75, 3.05) is 62.6 Å². The van der Waals surface area contributed by atoms with Crippen LogP contribution in [0.25, 0.3) is 0 Å². The molecule has 8 heteroatoms. The summed E-state index contributed by atoms with van der Waals surface area (Å²) in [5.41, 5.74) is 3.15. The highest BCUT2D eigenvalue weighted by molar-refractivity contribution is 7.99. The molecule has 0 aromatic heterocycles. The Morgan fingerprint density at radius 2 is 1.64 bits per heavy atom. The first kappa shape index (κ1) is 23.3. The number of benzene rings is 2. The molecule has 4 rings (SSSR count). The number of nitrogens with one attached hydrogen (secondary N) is 1. The SMILES string of the molecule is N#Cc1ccc(CN2CCN(CC(=O)Nc3cccc(C(=O)N4CCSCC4)c3)CC2)cc1. The Labute approximate surface area is 199 Å². The average Bonchev–Trinajstić information content (AvgIpc) is 2.86. The van der Waals surface area contributed by atoms with Gasteiger partial charge < -0.3 is 10.2 Å². The first-order valence-corrected chi connectivity index (χ1v) is 12.5. The Kier molecular flexibility index (Phi) is 8.00. The molecule has 2 saturated heterocycles. The monoisotopic (exact) mass is 463 g/mol. The summed E-state index contributed by atoms with van der Waals surface area (Å²) < 4.78 is 0. The van der Waals surface area contributed by atoms with Crippen LogP contribution in [0.5, 0.6) is 0 Å². The number of nitriles is 1. The summed E-state index contributed by atoms with van der Waals surface area (Å²) in [5.74, 6) is 1.92. The summed E-state index contributed by atoms with van der Waals surface area (Å²) in [6.45, 7) is 6.18. The predicted molar refractivity (Wildman–Crippen MR) is 131 cm³/mol. The van der Waals surface area contributed by atoms with Crippen molar-refractivity contribution >= 4 is 29.3 Å². The van der Waals surface area contributed by atoms with Gasteiger partial charge in [0.15, 0.2) is 0 Å². The van der Waals surface area contributed by atoms with E-state index in [1.54, 1.807) is 6.07 Å². The van der Waals surface area contributed by atoms with Crippen LogP contribution in [0.1, 0.15) is 21.5 Å². The molecule has 2 aromatic carbocycles. The predicted octanol–water partition coefficient (Wildman–Crippen LogP) is 2.50. The lowest BCUT2D eigenvalue weighted by Gasteiger charge is -2.34. The molecular weight excluding hydrogens is 434 g/mol. The lowest BCUT2D eigenvalue weighted by atomic mass is 10.1. The van der Waals surface area contributed by atoms with Crippen LogP contribution in [-0.4, -0.2) is 83.8 Å². The summed E-state index contributed by atoms with van der Waals surface area (Å²) in [6.07, 6.45) is 0. The third-order valence-electron chi connectivity index (χ3n) is 6.01. The van der Waals surface area contributed by atoms with Crippen LogP contribution in [0.2, 0.25) is 0 Å². The number of hydrogen-bond donors (Lipinski definition) is 1. The van der Waals surface area contributed by atoms with E-state index in [0.29, 0.717) is 23.4 Å². The Bertz CT molecular complexity index is 1010. The van der Waals surface area contributed by atoms with Crippen molar-refractivity contribution in [1.82, 2.24) is 14.7 Å². The molecule has 0 saturated carbocycles. The van der Waals surface area contributed by atoms with Gasteiger partial charge in [-0.2, -0.15) is 17.0 Å². The van der Waals surface area contributed by atoms with E-state index in [4.69, 9.17) is 5.26 Å². The molecule has 2 aliphatic rings. The van der Waals surface area contributed by atoms with E-state index < -0.39 is 0 Å². The minimum Gasteiger partial charge on any atom is -0.337 e. The number of carbonyl (C=O) groups excluding carboxylic acids is 2. The highest BCUT2D eigenvalue weighted by Gasteiger charge is 2.21. The summed E-state index contributed by atoms with van der Waals surface area (Å²) in [4.78, 5) is 31.7. The van der Waals surface area contributed by atoms with Crippen LogP contribution in [0.3, 0.4) is 0 Å². The van der Waals surface area contributed by atoms with Gasteiger partial charge >= 0.3 is 0 Å². The van der Waals surface area contributed by atoms with Gasteiger partial charge in [-0.1, -0.05) is 18.2 Å². The molecule has 2 fully saturated rings. The Balaban J connectivity index is 1.23. The van der Waals surface area contributed by atoms with Gasteiger partial charge in [0, 0.05) is 68.6 Å². The molecule has 2 aromatic rings. The molecule has 172 valence electrons. The molecule has 0 radical (unpaired) electrons. The molecule has 0 atom stereocenters. The second-order valence-corrected chi connectivity index (χ2v) is 9.62. The number of thioether (sulfide) groups is 1. The van der Waals surface area contributed by atoms with Gasteiger partial charge in [0.1, 0.15) is 0 Å². The lowest BCUT2D eigenvalue weighted by molar-refractivity contribution is -0.117. The largest absolute Gasteiger partial charge is 0.337 e. The second kappa shape index (κ2) is 11.3. The van der Waals surface area contributed by atoms with Crippen LogP contribution in [0.4, 0.5) is 5.69 Å². The van der Waals surface area contributed by atoms with E-state index in [9.17, 15) is 9.59 Å². The molecule has 33 heavy (non-hydrogen) atoms. The third-order valence-corrected chi connectivity index (χ3v) is 6.96. The topological polar surface area (TPSA) is 79.7 Å². The van der Waals surface area contributed by atoms with Gasteiger partial charge in [0.2, 0.25) is 5.91 Å². The zero-order valence-corrected chi connectivity index (χ0v) is 19.5. The maximum Gasteiger partial charge on any atom is 0.253 e. The van der Waals surface area contributed by atoms with Gasteiger partial charge in [0.25, 0.3) is 5.91 Å². The van der Waals surface area contributed by atoms with Crippen molar-refractivity contribution in [3.63, 3.8) is 0 Å². The fourth-order valence-corrected chi connectivity index (χ4v) is 5.03. The van der Waals surface area contributed by atoms with E-state index in [1.165, 1.54) is 5.56 Å². The molecule has 1 N–H and O–H groups in total. The van der Waals surface area contributed by atoms with Crippen molar-refractivity contribution in [3.8, 4) is 6.07 Å². The normalized spacial score (nSPS) is 17.4. The van der Waals surface area contributed by atoms with E-state index >= 15 is 0 Å². The molecule has 0 spiro atoms. The van der Waals surface area contributed by atoms with Crippen LogP contribution in [0, 0.1) is 11.3 Å². The van der Waals surface area contributed by atoms with E-state index in [-0.39, 0.29) is 11.8 Å². The number of hydrogen-bond acceptors (Lipinski definition) is 6. The lowest BCUT2D eigenvalue weighted by Crippen LogP contribution is -2.48. The summed E-state index contributed by atoms with van der Waals surface area (Å²) in [7, 11) is 0.